The molecule has 0 bridgehead atoms. The molecule has 0 aromatic carbocycles. The van der Waals surface area contributed by atoms with E-state index in [1.165, 1.54) is 12.5 Å². The zero-order chi connectivity index (χ0) is 28.0. The fourth-order valence-electron chi connectivity index (χ4n) is 3.46. The number of pyridine rings is 3. The number of hydrogen-bond donors (Lipinski definition) is 0. The molecular weight excluding hydrogens is 468 g/mol. The largest absolute Gasteiger partial charge is 0.393 e. The number of carbonyl (C=O) groups excluding carboxylic acids is 2. The van der Waals surface area contributed by atoms with E-state index in [4.69, 9.17) is 10.00 Å². The van der Waals surface area contributed by atoms with E-state index in [9.17, 15) is 9.59 Å². The Morgan fingerprint density at radius 1 is 0.838 bits per heavy atom. The van der Waals surface area contributed by atoms with Gasteiger partial charge >= 0.3 is 11.9 Å². The number of ether oxygens (including phenoxy) is 1. The molecule has 0 saturated heterocycles. The van der Waals surface area contributed by atoms with E-state index < -0.39 is 11.9 Å². The molecule has 3 aromatic heterocycles. The van der Waals surface area contributed by atoms with Crippen molar-refractivity contribution in [1.29, 1.82) is 5.26 Å². The van der Waals surface area contributed by atoms with Crippen LogP contribution < -0.4 is 9.80 Å². The topological polar surface area (TPSA) is 112 Å². The predicted molar refractivity (Wildman–Crippen MR) is 145 cm³/mol. The number of esters is 2. The number of rotatable bonds is 6. The molecular formula is C28H36N6O3. The summed E-state index contributed by atoms with van der Waals surface area (Å²) in [5, 5.41) is 7.32. The van der Waals surface area contributed by atoms with Gasteiger partial charge in [-0.2, -0.15) is 5.26 Å². The summed E-state index contributed by atoms with van der Waals surface area (Å²) in [6.45, 7) is 7.54. The minimum Gasteiger partial charge on any atom is -0.393 e. The van der Waals surface area contributed by atoms with E-state index in [1.807, 2.05) is 64.0 Å². The van der Waals surface area contributed by atoms with Crippen LogP contribution in [0.1, 0.15) is 35.3 Å². The van der Waals surface area contributed by atoms with E-state index in [0.29, 0.717) is 11.4 Å². The zero-order valence-corrected chi connectivity index (χ0v) is 22.9. The lowest BCUT2D eigenvalue weighted by atomic mass is 10.2. The van der Waals surface area contributed by atoms with Crippen molar-refractivity contribution in [1.82, 2.24) is 15.0 Å². The highest BCUT2D eigenvalue weighted by molar-refractivity contribution is 5.88. The number of aromatic nitrogens is 3. The number of hydrogen-bond acceptors (Lipinski definition) is 9. The van der Waals surface area contributed by atoms with E-state index in [-0.39, 0.29) is 12.8 Å². The number of nitriles is 1. The van der Waals surface area contributed by atoms with Crippen molar-refractivity contribution in [2.24, 2.45) is 0 Å². The summed E-state index contributed by atoms with van der Waals surface area (Å²) < 4.78 is 4.93. The van der Waals surface area contributed by atoms with Crippen molar-refractivity contribution >= 4 is 23.3 Å². The van der Waals surface area contributed by atoms with Crippen molar-refractivity contribution in [3.8, 4) is 6.07 Å². The zero-order valence-electron chi connectivity index (χ0n) is 22.9. The van der Waals surface area contributed by atoms with E-state index >= 15 is 0 Å². The van der Waals surface area contributed by atoms with Crippen LogP contribution in [0.15, 0.2) is 48.8 Å². The van der Waals surface area contributed by atoms with Gasteiger partial charge < -0.3 is 14.5 Å². The SMILES string of the molecule is CC#N.CN(C)c1cccnc1CC(=O)OC(=O)Cc1ncccc1N(C)C.Cc1cc(C)nc(C)c1. The fraction of sp³-hybridized carbons (Fsp3) is 0.357. The molecule has 0 saturated carbocycles. The molecule has 37 heavy (non-hydrogen) atoms. The van der Waals surface area contributed by atoms with Crippen LogP contribution in [0.5, 0.6) is 0 Å². The van der Waals surface area contributed by atoms with E-state index in [0.717, 1.165) is 22.8 Å². The van der Waals surface area contributed by atoms with Crippen LogP contribution in [0.25, 0.3) is 0 Å². The van der Waals surface area contributed by atoms with Gasteiger partial charge in [0.2, 0.25) is 0 Å². The summed E-state index contributed by atoms with van der Waals surface area (Å²) in [6.07, 6.45) is 3.08. The van der Waals surface area contributed by atoms with Crippen LogP contribution in [0.4, 0.5) is 11.4 Å². The van der Waals surface area contributed by atoms with Gasteiger partial charge in [0.15, 0.2) is 0 Å². The summed E-state index contributed by atoms with van der Waals surface area (Å²) in [4.78, 5) is 40.5. The van der Waals surface area contributed by atoms with Gasteiger partial charge in [0.25, 0.3) is 0 Å². The number of carbonyl (C=O) groups is 2. The Balaban J connectivity index is 0.000000471. The molecule has 196 valence electrons. The first-order valence-electron chi connectivity index (χ1n) is 11.7. The maximum absolute atomic E-state index is 12.1. The normalized spacial score (nSPS) is 9.49. The summed E-state index contributed by atoms with van der Waals surface area (Å²) >= 11 is 0. The highest BCUT2D eigenvalue weighted by Crippen LogP contribution is 2.18. The summed E-state index contributed by atoms with van der Waals surface area (Å²) in [5.74, 6) is -1.26. The van der Waals surface area contributed by atoms with Gasteiger partial charge in [0, 0.05) is 58.9 Å². The minimum absolute atomic E-state index is 0.0666. The van der Waals surface area contributed by atoms with Crippen LogP contribution in [-0.4, -0.2) is 55.1 Å². The van der Waals surface area contributed by atoms with E-state index in [2.05, 4.69) is 34.0 Å². The molecule has 9 heteroatoms. The Labute approximate surface area is 219 Å². The lowest BCUT2D eigenvalue weighted by Gasteiger charge is -2.16. The van der Waals surface area contributed by atoms with Gasteiger partial charge in [-0.25, -0.2) is 0 Å². The first-order valence-corrected chi connectivity index (χ1v) is 11.7. The molecule has 0 radical (unpaired) electrons. The average molecular weight is 505 g/mol. The Hall–Kier alpha value is -4.32. The maximum atomic E-state index is 12.1. The quantitative estimate of drug-likeness (QED) is 0.363. The molecule has 3 rings (SSSR count). The van der Waals surface area contributed by atoms with Crippen LogP contribution in [0.2, 0.25) is 0 Å². The first kappa shape index (κ1) is 30.7. The smallest absolute Gasteiger partial charge is 0.319 e. The van der Waals surface area contributed by atoms with Gasteiger partial charge in [-0.1, -0.05) is 0 Å². The molecule has 3 heterocycles. The van der Waals surface area contributed by atoms with Gasteiger partial charge in [-0.05, 0) is 62.7 Å². The number of aryl methyl sites for hydroxylation is 3. The second-order valence-electron chi connectivity index (χ2n) is 8.58. The van der Waals surface area contributed by atoms with Gasteiger partial charge in [-0.15, -0.1) is 0 Å². The van der Waals surface area contributed by atoms with Crippen molar-refractivity contribution in [2.75, 3.05) is 38.0 Å². The van der Waals surface area contributed by atoms with Crippen molar-refractivity contribution in [3.05, 3.63) is 77.1 Å². The Bertz CT molecular complexity index is 1100. The molecule has 3 aromatic rings. The van der Waals surface area contributed by atoms with Crippen LogP contribution >= 0.6 is 0 Å². The van der Waals surface area contributed by atoms with E-state index in [1.54, 1.807) is 30.6 Å². The minimum atomic E-state index is -0.630. The molecule has 0 N–H and O–H groups in total. The summed E-state index contributed by atoms with van der Waals surface area (Å²) in [5.41, 5.74) is 6.26. The van der Waals surface area contributed by atoms with Crippen molar-refractivity contribution in [3.63, 3.8) is 0 Å². The third kappa shape index (κ3) is 11.3. The maximum Gasteiger partial charge on any atom is 0.319 e. The third-order valence-corrected chi connectivity index (χ3v) is 4.77. The number of nitrogens with zero attached hydrogens (tertiary/aromatic N) is 6. The summed E-state index contributed by atoms with van der Waals surface area (Å²) in [6, 6.07) is 13.2. The standard InChI is InChI=1S/C18H22N4O3.C8H11N.C2H3N/c1-21(2)15-7-5-9-19-13(15)11-17(23)25-18(24)12-14-16(22(3)4)8-6-10-20-14;1-6-4-7(2)9-8(3)5-6;1-2-3/h5-10H,11-12H2,1-4H3;4-5H,1-3H3;1H3. The lowest BCUT2D eigenvalue weighted by Crippen LogP contribution is -2.20. The molecule has 0 aliphatic rings. The van der Waals surface area contributed by atoms with Crippen molar-refractivity contribution in [2.45, 2.75) is 40.5 Å². The Morgan fingerprint density at radius 2 is 1.22 bits per heavy atom. The van der Waals surface area contributed by atoms with Gasteiger partial charge in [-0.3, -0.25) is 24.5 Å². The summed E-state index contributed by atoms with van der Waals surface area (Å²) in [7, 11) is 7.45. The first-order chi connectivity index (χ1) is 17.5. The predicted octanol–water partition coefficient (Wildman–Crippen LogP) is 4.00. The molecule has 0 aliphatic heterocycles. The monoisotopic (exact) mass is 504 g/mol. The molecule has 9 nitrogen and oxygen atoms in total. The number of anilines is 2. The second kappa shape index (κ2) is 15.6. The third-order valence-electron chi connectivity index (χ3n) is 4.77. The average Bonchev–Trinajstić information content (AvgIpc) is 2.79. The molecule has 0 amide bonds. The van der Waals surface area contributed by atoms with Crippen LogP contribution in [0.3, 0.4) is 0 Å². The van der Waals surface area contributed by atoms with Crippen LogP contribution in [0, 0.1) is 32.1 Å². The highest BCUT2D eigenvalue weighted by atomic mass is 16.6. The lowest BCUT2D eigenvalue weighted by molar-refractivity contribution is -0.158. The molecule has 0 fully saturated rings. The fourth-order valence-corrected chi connectivity index (χ4v) is 3.46. The van der Waals surface area contributed by atoms with Gasteiger partial charge in [0.1, 0.15) is 0 Å². The van der Waals surface area contributed by atoms with Crippen molar-refractivity contribution < 1.29 is 14.3 Å². The molecule has 0 spiro atoms. The Kier molecular flexibility index (Phi) is 13.0. The molecule has 0 unspecified atom stereocenters. The Morgan fingerprint density at radius 3 is 1.54 bits per heavy atom. The second-order valence-corrected chi connectivity index (χ2v) is 8.58. The van der Waals surface area contributed by atoms with Gasteiger partial charge in [0.05, 0.1) is 41.7 Å². The molecule has 0 atom stereocenters. The molecule has 0 aliphatic carbocycles. The highest BCUT2D eigenvalue weighted by Gasteiger charge is 2.17. The van der Waals surface area contributed by atoms with Crippen LogP contribution in [-0.2, 0) is 27.2 Å².